The van der Waals surface area contributed by atoms with Crippen molar-refractivity contribution < 1.29 is 9.13 Å². The van der Waals surface area contributed by atoms with Gasteiger partial charge in [-0.15, -0.1) is 0 Å². The van der Waals surface area contributed by atoms with Gasteiger partial charge < -0.3 is 10.1 Å². The first kappa shape index (κ1) is 20.5. The van der Waals surface area contributed by atoms with Gasteiger partial charge in [-0.05, 0) is 55.8 Å². The van der Waals surface area contributed by atoms with Gasteiger partial charge in [0.25, 0.3) is 0 Å². The lowest BCUT2D eigenvalue weighted by atomic mass is 9.91. The molecule has 2 aromatic carbocycles. The highest BCUT2D eigenvalue weighted by Crippen LogP contribution is 2.37. The molecule has 1 aromatic heterocycles. The van der Waals surface area contributed by atoms with Crippen LogP contribution in [0.4, 0.5) is 10.1 Å². The normalized spacial score (nSPS) is 18.6. The van der Waals surface area contributed by atoms with Gasteiger partial charge in [0.1, 0.15) is 12.4 Å². The molecule has 0 radical (unpaired) electrons. The summed E-state index contributed by atoms with van der Waals surface area (Å²) >= 11 is 0. The first-order valence-corrected chi connectivity index (χ1v) is 11.1. The number of fused-ring (bicyclic) bond motifs is 1. The van der Waals surface area contributed by atoms with E-state index in [-0.39, 0.29) is 6.61 Å². The minimum absolute atomic E-state index is 0.0839. The molecular formula is C26H25FN4O. The minimum atomic E-state index is -0.435. The van der Waals surface area contributed by atoms with Crippen molar-refractivity contribution in [2.75, 3.05) is 25.0 Å². The first-order chi connectivity index (χ1) is 15.7. The number of para-hydroxylation sites is 1. The van der Waals surface area contributed by atoms with Crippen molar-refractivity contribution in [3.8, 4) is 11.9 Å². The lowest BCUT2D eigenvalue weighted by Gasteiger charge is -2.35. The summed E-state index contributed by atoms with van der Waals surface area (Å²) in [5.41, 5.74) is 4.40. The molecule has 2 aliphatic heterocycles. The SMILES string of the molecule is N#Cc1ccc(COc2cccc(C3CCN([C@@H]4CNc5ccccc54)CC3)n2)c(F)c1. The van der Waals surface area contributed by atoms with Crippen LogP contribution in [0.3, 0.4) is 0 Å². The molecule has 0 amide bonds. The smallest absolute Gasteiger partial charge is 0.213 e. The molecule has 3 aromatic rings. The van der Waals surface area contributed by atoms with Crippen molar-refractivity contribution in [1.29, 1.82) is 5.26 Å². The summed E-state index contributed by atoms with van der Waals surface area (Å²) in [4.78, 5) is 7.28. The number of piperidine rings is 1. The fourth-order valence-electron chi connectivity index (χ4n) is 4.72. The number of aromatic nitrogens is 1. The summed E-state index contributed by atoms with van der Waals surface area (Å²) in [5, 5.41) is 12.4. The number of ether oxygens (including phenoxy) is 1. The molecule has 6 heteroatoms. The lowest BCUT2D eigenvalue weighted by molar-refractivity contribution is 0.161. The van der Waals surface area contributed by atoms with E-state index in [4.69, 9.17) is 15.0 Å². The maximum atomic E-state index is 14.1. The van der Waals surface area contributed by atoms with Crippen LogP contribution in [0.2, 0.25) is 0 Å². The molecule has 2 aliphatic rings. The molecular weight excluding hydrogens is 403 g/mol. The highest BCUT2D eigenvalue weighted by Gasteiger charge is 2.31. The fraction of sp³-hybridized carbons (Fsp3) is 0.308. The molecule has 162 valence electrons. The van der Waals surface area contributed by atoms with Crippen molar-refractivity contribution in [2.24, 2.45) is 0 Å². The van der Waals surface area contributed by atoms with E-state index in [0.29, 0.717) is 29.0 Å². The molecule has 1 fully saturated rings. The molecule has 0 unspecified atom stereocenters. The molecule has 5 nitrogen and oxygen atoms in total. The summed E-state index contributed by atoms with van der Waals surface area (Å²) < 4.78 is 19.9. The van der Waals surface area contributed by atoms with Crippen molar-refractivity contribution in [3.63, 3.8) is 0 Å². The van der Waals surface area contributed by atoms with E-state index < -0.39 is 5.82 Å². The number of anilines is 1. The van der Waals surface area contributed by atoms with Crippen LogP contribution in [0.1, 0.15) is 47.2 Å². The van der Waals surface area contributed by atoms with Crippen LogP contribution in [0.15, 0.2) is 60.7 Å². The average molecular weight is 429 g/mol. The average Bonchev–Trinajstić information content (AvgIpc) is 3.28. The maximum Gasteiger partial charge on any atom is 0.213 e. The third-order valence-electron chi connectivity index (χ3n) is 6.50. The van der Waals surface area contributed by atoms with Crippen LogP contribution in [-0.4, -0.2) is 29.5 Å². The van der Waals surface area contributed by atoms with E-state index in [2.05, 4.69) is 40.5 Å². The van der Waals surface area contributed by atoms with Crippen molar-refractivity contribution in [3.05, 3.63) is 88.9 Å². The van der Waals surface area contributed by atoms with Crippen molar-refractivity contribution >= 4 is 5.69 Å². The summed E-state index contributed by atoms with van der Waals surface area (Å²) in [6.07, 6.45) is 2.11. The maximum absolute atomic E-state index is 14.1. The van der Waals surface area contributed by atoms with Gasteiger partial charge in [0.15, 0.2) is 0 Å². The molecule has 0 spiro atoms. The number of nitrogens with zero attached hydrogens (tertiary/aromatic N) is 3. The number of nitriles is 1. The second-order valence-electron chi connectivity index (χ2n) is 8.40. The molecule has 1 N–H and O–H groups in total. The van der Waals surface area contributed by atoms with E-state index in [1.807, 2.05) is 12.1 Å². The van der Waals surface area contributed by atoms with E-state index in [9.17, 15) is 4.39 Å². The van der Waals surface area contributed by atoms with Crippen LogP contribution >= 0.6 is 0 Å². The Labute approximate surface area is 187 Å². The predicted molar refractivity (Wildman–Crippen MR) is 121 cm³/mol. The zero-order chi connectivity index (χ0) is 21.9. The Morgan fingerprint density at radius 2 is 1.94 bits per heavy atom. The highest BCUT2D eigenvalue weighted by atomic mass is 19.1. The molecule has 3 heterocycles. The third-order valence-corrected chi connectivity index (χ3v) is 6.50. The number of nitrogens with one attached hydrogen (secondary N) is 1. The van der Waals surface area contributed by atoms with E-state index >= 15 is 0 Å². The summed E-state index contributed by atoms with van der Waals surface area (Å²) in [6, 6.07) is 21.2. The number of halogens is 1. The van der Waals surface area contributed by atoms with Crippen LogP contribution in [-0.2, 0) is 6.61 Å². The largest absolute Gasteiger partial charge is 0.473 e. The molecule has 32 heavy (non-hydrogen) atoms. The van der Waals surface area contributed by atoms with Gasteiger partial charge in [-0.3, -0.25) is 4.90 Å². The molecule has 0 saturated carbocycles. The minimum Gasteiger partial charge on any atom is -0.473 e. The second-order valence-corrected chi connectivity index (χ2v) is 8.40. The first-order valence-electron chi connectivity index (χ1n) is 11.1. The molecule has 1 saturated heterocycles. The fourth-order valence-corrected chi connectivity index (χ4v) is 4.72. The van der Waals surface area contributed by atoms with E-state index in [1.54, 1.807) is 18.2 Å². The molecule has 0 aliphatic carbocycles. The van der Waals surface area contributed by atoms with Crippen LogP contribution in [0, 0.1) is 17.1 Å². The number of hydrogen-bond donors (Lipinski definition) is 1. The van der Waals surface area contributed by atoms with Crippen molar-refractivity contribution in [1.82, 2.24) is 9.88 Å². The number of benzene rings is 2. The van der Waals surface area contributed by atoms with E-state index in [0.717, 1.165) is 38.2 Å². The third kappa shape index (κ3) is 4.17. The van der Waals surface area contributed by atoms with Gasteiger partial charge >= 0.3 is 0 Å². The van der Waals surface area contributed by atoms with Crippen LogP contribution < -0.4 is 10.1 Å². The summed E-state index contributed by atoms with van der Waals surface area (Å²) in [6.45, 7) is 3.13. The topological polar surface area (TPSA) is 61.2 Å². The predicted octanol–water partition coefficient (Wildman–Crippen LogP) is 5.02. The Balaban J connectivity index is 1.20. The molecule has 1 atom stereocenters. The Kier molecular flexibility index (Phi) is 5.74. The zero-order valence-electron chi connectivity index (χ0n) is 17.8. The Morgan fingerprint density at radius 1 is 1.09 bits per heavy atom. The van der Waals surface area contributed by atoms with Gasteiger partial charge in [-0.25, -0.2) is 9.37 Å². The van der Waals surface area contributed by atoms with Gasteiger partial charge in [0.2, 0.25) is 5.88 Å². The van der Waals surface area contributed by atoms with Crippen molar-refractivity contribution in [2.45, 2.75) is 31.4 Å². The highest BCUT2D eigenvalue weighted by molar-refractivity contribution is 5.57. The van der Waals surface area contributed by atoms with Gasteiger partial charge in [-0.1, -0.05) is 30.3 Å². The number of likely N-dealkylation sites (tertiary alicyclic amines) is 1. The summed E-state index contributed by atoms with van der Waals surface area (Å²) in [7, 11) is 0. The number of hydrogen-bond acceptors (Lipinski definition) is 5. The summed E-state index contributed by atoms with van der Waals surface area (Å²) in [5.74, 6) is 0.462. The van der Waals surface area contributed by atoms with Gasteiger partial charge in [0, 0.05) is 35.5 Å². The van der Waals surface area contributed by atoms with Gasteiger partial charge in [0.05, 0.1) is 17.7 Å². The van der Waals surface area contributed by atoms with Crippen LogP contribution in [0.25, 0.3) is 0 Å². The molecule has 0 bridgehead atoms. The standard InChI is InChI=1S/C26H25FN4O/c27-22-14-18(15-28)8-9-20(22)17-32-26-7-3-6-23(30-26)19-10-12-31(13-11-19)25-16-29-24-5-2-1-4-21(24)25/h1-9,14,19,25,29H,10-13,16-17H2/t25-/m1/s1. The lowest BCUT2D eigenvalue weighted by Crippen LogP contribution is -2.37. The Hall–Kier alpha value is -3.43. The van der Waals surface area contributed by atoms with E-state index in [1.165, 1.54) is 17.3 Å². The Bertz CT molecular complexity index is 1150. The number of pyridine rings is 1. The van der Waals surface area contributed by atoms with Crippen LogP contribution in [0.5, 0.6) is 5.88 Å². The number of rotatable bonds is 5. The monoisotopic (exact) mass is 428 g/mol. The zero-order valence-corrected chi connectivity index (χ0v) is 17.8. The second kappa shape index (κ2) is 8.97. The van der Waals surface area contributed by atoms with Gasteiger partial charge in [-0.2, -0.15) is 5.26 Å². The molecule has 5 rings (SSSR count). The quantitative estimate of drug-likeness (QED) is 0.618. The Morgan fingerprint density at radius 3 is 2.75 bits per heavy atom.